The number of carboxylic acids is 1. The van der Waals surface area contributed by atoms with E-state index in [1.165, 1.54) is 0 Å². The summed E-state index contributed by atoms with van der Waals surface area (Å²) >= 11 is 0. The molecule has 4 nitrogen and oxygen atoms in total. The van der Waals surface area contributed by atoms with Crippen LogP contribution in [0.2, 0.25) is 0 Å². The first-order valence-electron chi connectivity index (χ1n) is 5.86. The van der Waals surface area contributed by atoms with Crippen LogP contribution in [0.25, 0.3) is 0 Å². The third-order valence-electron chi connectivity index (χ3n) is 2.85. The number of nitrogens with zero attached hydrogens (tertiary/aromatic N) is 1. The van der Waals surface area contributed by atoms with Crippen LogP contribution in [-0.2, 0) is 11.3 Å². The number of hydrogen-bond acceptors (Lipinski definition) is 3. The molecule has 4 heteroatoms. The smallest absolute Gasteiger partial charge is 0.308 e. The predicted molar refractivity (Wildman–Crippen MR) is 65.7 cm³/mol. The Bertz CT molecular complexity index is 370. The largest absolute Gasteiger partial charge is 0.481 e. The lowest BCUT2D eigenvalue weighted by Gasteiger charge is -2.22. The van der Waals surface area contributed by atoms with Crippen LogP contribution in [0.4, 0.5) is 0 Å². The number of aryl methyl sites for hydroxylation is 1. The van der Waals surface area contributed by atoms with Gasteiger partial charge in [-0.15, -0.1) is 0 Å². The van der Waals surface area contributed by atoms with Crippen molar-refractivity contribution < 1.29 is 14.3 Å². The fourth-order valence-electron chi connectivity index (χ4n) is 1.81. The molecule has 1 rings (SSSR count). The number of rotatable bonds is 6. The van der Waals surface area contributed by atoms with E-state index in [9.17, 15) is 4.79 Å². The van der Waals surface area contributed by atoms with E-state index in [4.69, 9.17) is 9.52 Å². The molecular formula is C13H21NO3. The fraction of sp³-hybridized carbons (Fsp3) is 0.615. The highest BCUT2D eigenvalue weighted by Gasteiger charge is 2.23. The summed E-state index contributed by atoms with van der Waals surface area (Å²) in [4.78, 5) is 13.1. The van der Waals surface area contributed by atoms with Crippen molar-refractivity contribution in [3.05, 3.63) is 23.7 Å². The second kappa shape index (κ2) is 5.87. The first-order valence-corrected chi connectivity index (χ1v) is 5.86. The Labute approximate surface area is 102 Å². The SMILES string of the molecule is Cc1ccc(CN(C)CC(C(=O)O)C(C)C)o1. The second-order valence-corrected chi connectivity index (χ2v) is 4.90. The van der Waals surface area contributed by atoms with Crippen molar-refractivity contribution >= 4 is 5.97 Å². The van der Waals surface area contributed by atoms with Gasteiger partial charge < -0.3 is 9.52 Å². The molecule has 0 aliphatic rings. The number of furan rings is 1. The van der Waals surface area contributed by atoms with Crippen molar-refractivity contribution in [1.82, 2.24) is 4.90 Å². The Hall–Kier alpha value is -1.29. The maximum atomic E-state index is 11.1. The molecule has 1 unspecified atom stereocenters. The third-order valence-corrected chi connectivity index (χ3v) is 2.85. The minimum Gasteiger partial charge on any atom is -0.481 e. The summed E-state index contributed by atoms with van der Waals surface area (Å²) in [6, 6.07) is 3.84. The van der Waals surface area contributed by atoms with Crippen LogP contribution in [-0.4, -0.2) is 29.6 Å². The summed E-state index contributed by atoms with van der Waals surface area (Å²) < 4.78 is 5.47. The lowest BCUT2D eigenvalue weighted by molar-refractivity contribution is -0.144. The topological polar surface area (TPSA) is 53.7 Å². The van der Waals surface area contributed by atoms with Crippen molar-refractivity contribution in [1.29, 1.82) is 0 Å². The molecule has 17 heavy (non-hydrogen) atoms. The van der Waals surface area contributed by atoms with Crippen LogP contribution >= 0.6 is 0 Å². The number of aliphatic carboxylic acids is 1. The standard InChI is InChI=1S/C13H21NO3/c1-9(2)12(13(15)16)8-14(4)7-11-6-5-10(3)17-11/h5-6,9,12H,7-8H2,1-4H3,(H,15,16). The minimum absolute atomic E-state index is 0.133. The van der Waals surface area contributed by atoms with Crippen LogP contribution in [0.1, 0.15) is 25.4 Å². The third kappa shape index (κ3) is 4.23. The van der Waals surface area contributed by atoms with Gasteiger partial charge in [0.15, 0.2) is 0 Å². The molecule has 1 aromatic heterocycles. The van der Waals surface area contributed by atoms with Crippen molar-refractivity contribution in [2.45, 2.75) is 27.3 Å². The van der Waals surface area contributed by atoms with Crippen molar-refractivity contribution in [3.8, 4) is 0 Å². The minimum atomic E-state index is -0.734. The van der Waals surface area contributed by atoms with Gasteiger partial charge in [0.05, 0.1) is 12.5 Å². The fourth-order valence-corrected chi connectivity index (χ4v) is 1.81. The van der Waals surface area contributed by atoms with Crippen LogP contribution in [0, 0.1) is 18.8 Å². The number of carboxylic acid groups (broad SMARTS) is 1. The Morgan fingerprint density at radius 2 is 2.12 bits per heavy atom. The normalized spacial score (nSPS) is 13.3. The quantitative estimate of drug-likeness (QED) is 0.828. The first kappa shape index (κ1) is 13.8. The monoisotopic (exact) mass is 239 g/mol. The predicted octanol–water partition coefficient (Wildman–Crippen LogP) is 2.38. The van der Waals surface area contributed by atoms with Crippen LogP contribution in [0.3, 0.4) is 0 Å². The highest BCUT2D eigenvalue weighted by Crippen LogP contribution is 2.15. The van der Waals surface area contributed by atoms with Crippen LogP contribution in [0.5, 0.6) is 0 Å². The second-order valence-electron chi connectivity index (χ2n) is 4.90. The van der Waals surface area contributed by atoms with Gasteiger partial charge in [0.1, 0.15) is 11.5 Å². The average molecular weight is 239 g/mol. The maximum Gasteiger partial charge on any atom is 0.308 e. The van der Waals surface area contributed by atoms with Gasteiger partial charge in [-0.3, -0.25) is 9.69 Å². The Balaban J connectivity index is 2.53. The lowest BCUT2D eigenvalue weighted by Crippen LogP contribution is -2.33. The van der Waals surface area contributed by atoms with Gasteiger partial charge >= 0.3 is 5.97 Å². The first-order chi connectivity index (χ1) is 7.90. The molecule has 0 saturated heterocycles. The summed E-state index contributed by atoms with van der Waals surface area (Å²) in [5.41, 5.74) is 0. The molecule has 1 heterocycles. The van der Waals surface area contributed by atoms with Crippen LogP contribution < -0.4 is 0 Å². The molecular weight excluding hydrogens is 218 g/mol. The molecule has 0 aliphatic carbocycles. The summed E-state index contributed by atoms with van der Waals surface area (Å²) in [5.74, 6) is 0.816. The zero-order valence-electron chi connectivity index (χ0n) is 10.9. The Kier molecular flexibility index (Phi) is 4.75. The van der Waals surface area contributed by atoms with E-state index >= 15 is 0 Å². The number of hydrogen-bond donors (Lipinski definition) is 1. The molecule has 1 aromatic rings. The highest BCUT2D eigenvalue weighted by atomic mass is 16.4. The van der Waals surface area contributed by atoms with Crippen LogP contribution in [0.15, 0.2) is 16.5 Å². The molecule has 1 atom stereocenters. The van der Waals surface area contributed by atoms with E-state index in [0.29, 0.717) is 13.1 Å². The molecule has 0 radical (unpaired) electrons. The maximum absolute atomic E-state index is 11.1. The van der Waals surface area contributed by atoms with E-state index in [0.717, 1.165) is 11.5 Å². The summed E-state index contributed by atoms with van der Waals surface area (Å²) in [7, 11) is 1.91. The van der Waals surface area contributed by atoms with Gasteiger partial charge in [0, 0.05) is 6.54 Å². The van der Waals surface area contributed by atoms with E-state index in [2.05, 4.69) is 0 Å². The van der Waals surface area contributed by atoms with Crippen molar-refractivity contribution in [2.75, 3.05) is 13.6 Å². The van der Waals surface area contributed by atoms with E-state index in [1.807, 2.05) is 44.9 Å². The molecule has 0 bridgehead atoms. The van der Waals surface area contributed by atoms with Gasteiger partial charge in [-0.1, -0.05) is 13.8 Å². The molecule has 0 aromatic carbocycles. The highest BCUT2D eigenvalue weighted by molar-refractivity contribution is 5.70. The van der Waals surface area contributed by atoms with Gasteiger partial charge in [-0.25, -0.2) is 0 Å². The Morgan fingerprint density at radius 1 is 1.47 bits per heavy atom. The molecule has 0 aliphatic heterocycles. The molecule has 0 fully saturated rings. The van der Waals surface area contributed by atoms with E-state index < -0.39 is 5.97 Å². The zero-order chi connectivity index (χ0) is 13.0. The zero-order valence-corrected chi connectivity index (χ0v) is 10.9. The number of carbonyl (C=O) groups is 1. The summed E-state index contributed by atoms with van der Waals surface area (Å²) in [5, 5.41) is 9.11. The average Bonchev–Trinajstić information content (AvgIpc) is 2.59. The van der Waals surface area contributed by atoms with Crippen molar-refractivity contribution in [3.63, 3.8) is 0 Å². The van der Waals surface area contributed by atoms with E-state index in [1.54, 1.807) is 0 Å². The molecule has 0 saturated carbocycles. The molecule has 0 spiro atoms. The summed E-state index contributed by atoms with van der Waals surface area (Å²) in [6.45, 7) is 6.95. The van der Waals surface area contributed by atoms with Crippen molar-refractivity contribution in [2.24, 2.45) is 11.8 Å². The van der Waals surface area contributed by atoms with Gasteiger partial charge in [0.25, 0.3) is 0 Å². The van der Waals surface area contributed by atoms with Gasteiger partial charge in [-0.2, -0.15) is 0 Å². The molecule has 1 N–H and O–H groups in total. The molecule has 96 valence electrons. The van der Waals surface area contributed by atoms with Gasteiger partial charge in [-0.05, 0) is 32.0 Å². The Morgan fingerprint density at radius 3 is 2.53 bits per heavy atom. The molecule has 0 amide bonds. The lowest BCUT2D eigenvalue weighted by atomic mass is 9.95. The van der Waals surface area contributed by atoms with E-state index in [-0.39, 0.29) is 11.8 Å². The van der Waals surface area contributed by atoms with Gasteiger partial charge in [0.2, 0.25) is 0 Å². The summed E-state index contributed by atoms with van der Waals surface area (Å²) in [6.07, 6.45) is 0.